The monoisotopic (exact) mass is 266 g/mol. The second-order valence-electron chi connectivity index (χ2n) is 5.46. The van der Waals surface area contributed by atoms with E-state index in [1.54, 1.807) is 0 Å². The van der Waals surface area contributed by atoms with Gasteiger partial charge < -0.3 is 4.74 Å². The summed E-state index contributed by atoms with van der Waals surface area (Å²) in [5.74, 6) is 4.31. The van der Waals surface area contributed by atoms with Crippen LogP contribution < -0.4 is 4.74 Å². The molecule has 3 rings (SSSR count). The Hall–Kier alpha value is -0.640. The van der Waals surface area contributed by atoms with Crippen LogP contribution in [0.1, 0.15) is 44.6 Å². The van der Waals surface area contributed by atoms with Crippen molar-refractivity contribution >= 4 is 11.8 Å². The minimum absolute atomic E-state index is 0.619. The minimum atomic E-state index is 0.619. The van der Waals surface area contributed by atoms with Gasteiger partial charge in [-0.25, -0.2) is 0 Å². The number of ether oxygens (including phenoxy) is 1. The molecule has 0 radical (unpaired) electrons. The SMILES string of the molecule is c1nn(C2CCCC2)cc1OCC1CCSCC1. The van der Waals surface area contributed by atoms with E-state index in [1.165, 1.54) is 50.0 Å². The molecule has 3 nitrogen and oxygen atoms in total. The van der Waals surface area contributed by atoms with E-state index in [2.05, 4.69) is 27.7 Å². The summed E-state index contributed by atoms with van der Waals surface area (Å²) in [5, 5.41) is 4.45. The van der Waals surface area contributed by atoms with Crippen LogP contribution in [0, 0.1) is 5.92 Å². The van der Waals surface area contributed by atoms with Gasteiger partial charge in [0.1, 0.15) is 0 Å². The third kappa shape index (κ3) is 3.02. The summed E-state index contributed by atoms with van der Waals surface area (Å²) in [7, 11) is 0. The average Bonchev–Trinajstić information content (AvgIpc) is 3.08. The molecule has 0 bridgehead atoms. The summed E-state index contributed by atoms with van der Waals surface area (Å²) in [6.45, 7) is 0.872. The van der Waals surface area contributed by atoms with Gasteiger partial charge in [0.05, 0.1) is 25.0 Å². The highest BCUT2D eigenvalue weighted by Gasteiger charge is 2.18. The third-order valence-electron chi connectivity index (χ3n) is 4.10. The van der Waals surface area contributed by atoms with Gasteiger partial charge in [-0.2, -0.15) is 16.9 Å². The van der Waals surface area contributed by atoms with Crippen LogP contribution in [0.5, 0.6) is 5.75 Å². The molecule has 0 amide bonds. The molecule has 1 saturated carbocycles. The van der Waals surface area contributed by atoms with Crippen molar-refractivity contribution in [1.82, 2.24) is 9.78 Å². The van der Waals surface area contributed by atoms with Gasteiger partial charge >= 0.3 is 0 Å². The summed E-state index contributed by atoms with van der Waals surface area (Å²) in [6, 6.07) is 0.619. The molecule has 0 spiro atoms. The highest BCUT2D eigenvalue weighted by Crippen LogP contribution is 2.30. The van der Waals surface area contributed by atoms with Gasteiger partial charge in [-0.3, -0.25) is 4.68 Å². The van der Waals surface area contributed by atoms with E-state index in [-0.39, 0.29) is 0 Å². The Balaban J connectivity index is 1.50. The van der Waals surface area contributed by atoms with Crippen LogP contribution in [-0.4, -0.2) is 27.9 Å². The number of nitrogens with zero attached hydrogens (tertiary/aromatic N) is 2. The highest BCUT2D eigenvalue weighted by atomic mass is 32.2. The van der Waals surface area contributed by atoms with Crippen LogP contribution >= 0.6 is 11.8 Å². The van der Waals surface area contributed by atoms with Crippen LogP contribution in [0.4, 0.5) is 0 Å². The number of hydrogen-bond acceptors (Lipinski definition) is 3. The first kappa shape index (κ1) is 12.4. The second-order valence-corrected chi connectivity index (χ2v) is 6.69. The zero-order chi connectivity index (χ0) is 12.2. The van der Waals surface area contributed by atoms with Crippen molar-refractivity contribution in [3.63, 3.8) is 0 Å². The van der Waals surface area contributed by atoms with Crippen LogP contribution in [0.3, 0.4) is 0 Å². The Kier molecular flexibility index (Phi) is 4.13. The van der Waals surface area contributed by atoms with Gasteiger partial charge in [0.15, 0.2) is 5.75 Å². The number of aromatic nitrogens is 2. The van der Waals surface area contributed by atoms with Crippen molar-refractivity contribution in [1.29, 1.82) is 0 Å². The fourth-order valence-electron chi connectivity index (χ4n) is 2.89. The standard InChI is InChI=1S/C14H22N2OS/c1-2-4-13(3-1)16-10-14(9-15-16)17-11-12-5-7-18-8-6-12/h9-10,12-13H,1-8,11H2. The predicted molar refractivity (Wildman–Crippen MR) is 75.3 cm³/mol. The van der Waals surface area contributed by atoms with Crippen molar-refractivity contribution in [2.24, 2.45) is 5.92 Å². The molecule has 2 heterocycles. The van der Waals surface area contributed by atoms with Crippen LogP contribution in [0.2, 0.25) is 0 Å². The van der Waals surface area contributed by atoms with E-state index in [0.717, 1.165) is 18.3 Å². The largest absolute Gasteiger partial charge is 0.490 e. The lowest BCUT2D eigenvalue weighted by Gasteiger charge is -2.20. The highest BCUT2D eigenvalue weighted by molar-refractivity contribution is 7.99. The lowest BCUT2D eigenvalue weighted by atomic mass is 10.0. The molecule has 0 N–H and O–H groups in total. The third-order valence-corrected chi connectivity index (χ3v) is 5.15. The Bertz CT molecular complexity index is 368. The molecule has 1 aliphatic heterocycles. The summed E-state index contributed by atoms with van der Waals surface area (Å²) in [5.41, 5.74) is 0. The molecule has 1 aromatic rings. The molecule has 100 valence electrons. The maximum atomic E-state index is 5.89. The fourth-order valence-corrected chi connectivity index (χ4v) is 4.09. The molecule has 0 unspecified atom stereocenters. The fraction of sp³-hybridized carbons (Fsp3) is 0.786. The first-order chi connectivity index (χ1) is 8.92. The van der Waals surface area contributed by atoms with E-state index in [0.29, 0.717) is 6.04 Å². The minimum Gasteiger partial charge on any atom is -0.490 e. The molecule has 1 saturated heterocycles. The van der Waals surface area contributed by atoms with E-state index in [4.69, 9.17) is 4.74 Å². The van der Waals surface area contributed by atoms with Crippen LogP contribution in [-0.2, 0) is 0 Å². The molecular weight excluding hydrogens is 244 g/mol. The van der Waals surface area contributed by atoms with E-state index >= 15 is 0 Å². The van der Waals surface area contributed by atoms with Crippen molar-refractivity contribution in [3.05, 3.63) is 12.4 Å². The Morgan fingerprint density at radius 3 is 2.78 bits per heavy atom. The van der Waals surface area contributed by atoms with Gasteiger partial charge in [0, 0.05) is 0 Å². The maximum Gasteiger partial charge on any atom is 0.157 e. The van der Waals surface area contributed by atoms with Gasteiger partial charge in [-0.15, -0.1) is 0 Å². The number of rotatable bonds is 4. The summed E-state index contributed by atoms with van der Waals surface area (Å²) < 4.78 is 8.00. The van der Waals surface area contributed by atoms with Crippen LogP contribution in [0.25, 0.3) is 0 Å². The number of hydrogen-bond donors (Lipinski definition) is 0. The first-order valence-corrected chi connectivity index (χ1v) is 8.32. The number of thioether (sulfide) groups is 1. The van der Waals surface area contributed by atoms with Crippen molar-refractivity contribution < 1.29 is 4.74 Å². The van der Waals surface area contributed by atoms with Gasteiger partial charge in [0.25, 0.3) is 0 Å². The van der Waals surface area contributed by atoms with Crippen LogP contribution in [0.15, 0.2) is 12.4 Å². The molecule has 1 aromatic heterocycles. The molecule has 4 heteroatoms. The normalized spacial score (nSPS) is 22.4. The van der Waals surface area contributed by atoms with Crippen molar-refractivity contribution in [3.8, 4) is 5.75 Å². The van der Waals surface area contributed by atoms with Crippen molar-refractivity contribution in [2.75, 3.05) is 18.1 Å². The van der Waals surface area contributed by atoms with E-state index in [1.807, 2.05) is 6.20 Å². The smallest absolute Gasteiger partial charge is 0.157 e. The average molecular weight is 266 g/mol. The Morgan fingerprint density at radius 1 is 1.22 bits per heavy atom. The molecular formula is C14H22N2OS. The zero-order valence-corrected chi connectivity index (χ0v) is 11.7. The van der Waals surface area contributed by atoms with Crippen molar-refractivity contribution in [2.45, 2.75) is 44.6 Å². The lowest BCUT2D eigenvalue weighted by molar-refractivity contribution is 0.239. The van der Waals surface area contributed by atoms with E-state index in [9.17, 15) is 0 Å². The maximum absolute atomic E-state index is 5.89. The quantitative estimate of drug-likeness (QED) is 0.834. The molecule has 18 heavy (non-hydrogen) atoms. The lowest BCUT2D eigenvalue weighted by Crippen LogP contribution is -2.17. The van der Waals surface area contributed by atoms with Gasteiger partial charge in [-0.05, 0) is 43.1 Å². The van der Waals surface area contributed by atoms with Gasteiger partial charge in [-0.1, -0.05) is 12.8 Å². The predicted octanol–water partition coefficient (Wildman–Crippen LogP) is 3.52. The Morgan fingerprint density at radius 2 is 2.00 bits per heavy atom. The van der Waals surface area contributed by atoms with Gasteiger partial charge in [0.2, 0.25) is 0 Å². The molecule has 2 fully saturated rings. The summed E-state index contributed by atoms with van der Waals surface area (Å²) in [6.07, 6.45) is 11.8. The molecule has 0 atom stereocenters. The summed E-state index contributed by atoms with van der Waals surface area (Å²) in [4.78, 5) is 0. The molecule has 2 aliphatic rings. The first-order valence-electron chi connectivity index (χ1n) is 7.16. The van der Waals surface area contributed by atoms with E-state index < -0.39 is 0 Å². The molecule has 1 aliphatic carbocycles. The second kappa shape index (κ2) is 6.00. The topological polar surface area (TPSA) is 27.1 Å². The Labute approximate surface area is 113 Å². The summed E-state index contributed by atoms with van der Waals surface area (Å²) >= 11 is 2.07. The molecule has 0 aromatic carbocycles. The zero-order valence-electron chi connectivity index (χ0n) is 10.9.